The minimum absolute atomic E-state index is 0.0332. The molecule has 1 N–H and O–H groups in total. The molecule has 0 amide bonds. The van der Waals surface area contributed by atoms with Crippen molar-refractivity contribution in [2.75, 3.05) is 41.0 Å². The monoisotopic (exact) mass is 931 g/mol. The molecule has 0 aliphatic carbocycles. The normalized spacial score (nSPS) is 13.9. The number of carboxylic acid groups (broad SMARTS) is 1. The van der Waals surface area contributed by atoms with Gasteiger partial charge in [-0.1, -0.05) is 187 Å². The Morgan fingerprint density at radius 2 is 0.806 bits per heavy atom. The molecule has 67 heavy (non-hydrogen) atoms. The van der Waals surface area contributed by atoms with Crippen molar-refractivity contribution in [3.63, 3.8) is 0 Å². The highest BCUT2D eigenvalue weighted by Gasteiger charge is 2.31. The van der Waals surface area contributed by atoms with Crippen LogP contribution in [0.4, 0.5) is 0 Å². The number of aliphatic carboxylic acids is 1. The van der Waals surface area contributed by atoms with Crippen molar-refractivity contribution in [3.8, 4) is 0 Å². The van der Waals surface area contributed by atoms with Gasteiger partial charge < -0.3 is 23.8 Å². The Labute approximate surface area is 410 Å². The van der Waals surface area contributed by atoms with Crippen LogP contribution in [-0.4, -0.2) is 80.6 Å². The van der Waals surface area contributed by atoms with Crippen LogP contribution in [0, 0.1) is 0 Å². The van der Waals surface area contributed by atoms with Gasteiger partial charge in [-0.05, 0) is 96.3 Å². The van der Waals surface area contributed by atoms with Crippen LogP contribution in [0.5, 0.6) is 0 Å². The van der Waals surface area contributed by atoms with E-state index in [0.717, 1.165) is 96.3 Å². The lowest BCUT2D eigenvalue weighted by molar-refractivity contribution is -0.887. The third-order valence-corrected chi connectivity index (χ3v) is 10.9. The Morgan fingerprint density at radius 3 is 1.21 bits per heavy atom. The van der Waals surface area contributed by atoms with Gasteiger partial charge in [-0.25, -0.2) is 4.79 Å². The number of hydrogen-bond acceptors (Lipinski definition) is 6. The van der Waals surface area contributed by atoms with Crippen LogP contribution in [0.2, 0.25) is 0 Å². The number of hydrogen-bond donors (Lipinski definition) is 1. The summed E-state index contributed by atoms with van der Waals surface area (Å²) >= 11 is 0. The van der Waals surface area contributed by atoms with Gasteiger partial charge in [-0.3, -0.25) is 9.59 Å². The average Bonchev–Trinajstić information content (AvgIpc) is 3.29. The highest BCUT2D eigenvalue weighted by Crippen LogP contribution is 2.14. The van der Waals surface area contributed by atoms with Crippen molar-refractivity contribution < 1.29 is 38.2 Å². The Balaban J connectivity index is 4.35. The number of carbonyl (C=O) groups excluding carboxylic acids is 2. The number of unbranched alkanes of at least 4 members (excludes halogenated alkanes) is 11. The number of esters is 2. The van der Waals surface area contributed by atoms with E-state index in [1.165, 1.54) is 44.9 Å². The van der Waals surface area contributed by atoms with Gasteiger partial charge in [0.25, 0.3) is 0 Å². The Kier molecular flexibility index (Phi) is 45.1. The number of ether oxygens (including phenoxy) is 3. The molecule has 0 saturated carbocycles. The van der Waals surface area contributed by atoms with E-state index in [1.54, 1.807) is 0 Å². The summed E-state index contributed by atoms with van der Waals surface area (Å²) in [4.78, 5) is 37.2. The molecule has 0 spiro atoms. The molecular formula is C59H96NO7+. The fraction of sp³-hybridized carbons (Fsp3) is 0.610. The number of allylic oxidation sites excluding steroid dienone is 20. The van der Waals surface area contributed by atoms with Crippen LogP contribution in [0.1, 0.15) is 181 Å². The SMILES string of the molecule is CC/C=C/C/C=C/C/C=C/C/C=C/C/C=C/C/C=C/CCCC(=O)OCC(COCCC(C(=O)O)[N+](C)(C)C)OC(=O)CCCCCCCCCCCC/C=C/C/C=C/C/C=C/C/C=C/CC. The van der Waals surface area contributed by atoms with E-state index in [0.29, 0.717) is 19.3 Å². The minimum atomic E-state index is -0.888. The Morgan fingerprint density at radius 1 is 0.448 bits per heavy atom. The smallest absolute Gasteiger partial charge is 0.362 e. The van der Waals surface area contributed by atoms with Gasteiger partial charge in [-0.15, -0.1) is 0 Å². The molecule has 8 heteroatoms. The molecule has 0 aliphatic heterocycles. The molecular weight excluding hydrogens is 835 g/mol. The second kappa shape index (κ2) is 48.2. The van der Waals surface area contributed by atoms with Crippen molar-refractivity contribution in [3.05, 3.63) is 122 Å². The van der Waals surface area contributed by atoms with E-state index in [4.69, 9.17) is 14.2 Å². The predicted molar refractivity (Wildman–Crippen MR) is 284 cm³/mol. The Hall–Kier alpha value is -4.27. The molecule has 2 unspecified atom stereocenters. The van der Waals surface area contributed by atoms with E-state index in [2.05, 4.69) is 135 Å². The number of likely N-dealkylation sites (N-methyl/N-ethyl adjacent to an activating group) is 1. The zero-order valence-corrected chi connectivity index (χ0v) is 43.1. The van der Waals surface area contributed by atoms with Gasteiger partial charge in [0.1, 0.15) is 6.61 Å². The molecule has 2 atom stereocenters. The summed E-state index contributed by atoms with van der Waals surface area (Å²) in [6, 6.07) is -0.632. The van der Waals surface area contributed by atoms with Crippen LogP contribution < -0.4 is 0 Å². The van der Waals surface area contributed by atoms with Gasteiger partial charge in [-0.2, -0.15) is 0 Å². The first-order valence-electron chi connectivity index (χ1n) is 26.1. The standard InChI is InChI=1S/C59H95NO7/c1-6-8-10-12-14-16-18-20-22-24-26-28-29-30-32-34-36-38-40-42-44-46-48-50-58(62)67-55(53-65-52-51-56(59(63)64)60(3,4)5)54-66-57(61)49-47-45-43-41-39-37-35-33-31-27-25-23-21-19-17-15-13-11-9-7-2/h8-11,14-17,20-23,26-28,31,35,37,41,43,55-56H,6-7,12-13,18-19,24-25,29-30,32-34,36,38-40,42,44-54H2,1-5H3/p+1/b10-8+,11-9+,16-14+,17-15+,22-20+,23-21+,28-26+,31-27+,37-35+,43-41+. The molecule has 378 valence electrons. The molecule has 0 heterocycles. The van der Waals surface area contributed by atoms with E-state index < -0.39 is 18.1 Å². The quantitative estimate of drug-likeness (QED) is 0.0281. The lowest BCUT2D eigenvalue weighted by Crippen LogP contribution is -2.50. The van der Waals surface area contributed by atoms with Gasteiger partial charge in [0, 0.05) is 19.3 Å². The number of nitrogens with zero attached hydrogens (tertiary/aromatic N) is 1. The Bertz CT molecular complexity index is 1500. The van der Waals surface area contributed by atoms with E-state index in [9.17, 15) is 19.5 Å². The van der Waals surface area contributed by atoms with Gasteiger partial charge in [0.05, 0.1) is 34.4 Å². The summed E-state index contributed by atoms with van der Waals surface area (Å²) in [6.07, 6.45) is 68.3. The maximum atomic E-state index is 12.8. The maximum absolute atomic E-state index is 12.8. The minimum Gasteiger partial charge on any atom is -0.477 e. The second-order valence-electron chi connectivity index (χ2n) is 18.0. The zero-order chi connectivity index (χ0) is 49.2. The first kappa shape index (κ1) is 62.7. The molecule has 0 fully saturated rings. The first-order valence-corrected chi connectivity index (χ1v) is 26.1. The van der Waals surface area contributed by atoms with Crippen LogP contribution in [0.3, 0.4) is 0 Å². The highest BCUT2D eigenvalue weighted by molar-refractivity contribution is 5.72. The highest BCUT2D eigenvalue weighted by atomic mass is 16.6. The van der Waals surface area contributed by atoms with Crippen LogP contribution in [0.15, 0.2) is 122 Å². The zero-order valence-electron chi connectivity index (χ0n) is 43.1. The second-order valence-corrected chi connectivity index (χ2v) is 18.0. The average molecular weight is 931 g/mol. The number of rotatable bonds is 45. The molecule has 0 aromatic rings. The molecule has 0 rings (SSSR count). The first-order chi connectivity index (χ1) is 32.6. The topological polar surface area (TPSA) is 99.1 Å². The lowest BCUT2D eigenvalue weighted by Gasteiger charge is -2.31. The summed E-state index contributed by atoms with van der Waals surface area (Å²) in [7, 11) is 5.51. The number of carbonyl (C=O) groups is 3. The summed E-state index contributed by atoms with van der Waals surface area (Å²) in [5, 5.41) is 9.66. The van der Waals surface area contributed by atoms with Crippen molar-refractivity contribution in [1.82, 2.24) is 0 Å². The molecule has 0 aromatic carbocycles. The van der Waals surface area contributed by atoms with Crippen molar-refractivity contribution in [2.45, 2.75) is 193 Å². The van der Waals surface area contributed by atoms with Gasteiger partial charge in [0.2, 0.25) is 0 Å². The lowest BCUT2D eigenvalue weighted by atomic mass is 10.0. The van der Waals surface area contributed by atoms with Crippen LogP contribution in [-0.2, 0) is 28.6 Å². The third kappa shape index (κ3) is 46.6. The van der Waals surface area contributed by atoms with Crippen LogP contribution >= 0.6 is 0 Å². The molecule has 0 saturated heterocycles. The third-order valence-electron chi connectivity index (χ3n) is 10.9. The van der Waals surface area contributed by atoms with Crippen molar-refractivity contribution in [1.29, 1.82) is 0 Å². The molecule has 0 radical (unpaired) electrons. The number of carboxylic acids is 1. The fourth-order valence-corrected chi connectivity index (χ4v) is 6.92. The van der Waals surface area contributed by atoms with Crippen molar-refractivity contribution >= 4 is 17.9 Å². The number of quaternary nitrogens is 1. The van der Waals surface area contributed by atoms with Crippen LogP contribution in [0.25, 0.3) is 0 Å². The van der Waals surface area contributed by atoms with E-state index in [-0.39, 0.29) is 42.7 Å². The molecule has 0 bridgehead atoms. The molecule has 8 nitrogen and oxygen atoms in total. The van der Waals surface area contributed by atoms with E-state index in [1.807, 2.05) is 21.1 Å². The largest absolute Gasteiger partial charge is 0.477 e. The molecule has 0 aliphatic rings. The summed E-state index contributed by atoms with van der Waals surface area (Å²) < 4.78 is 17.3. The maximum Gasteiger partial charge on any atom is 0.362 e. The summed E-state index contributed by atoms with van der Waals surface area (Å²) in [5.74, 6) is -1.56. The predicted octanol–water partition coefficient (Wildman–Crippen LogP) is 15.4. The van der Waals surface area contributed by atoms with Gasteiger partial charge in [0.15, 0.2) is 12.1 Å². The van der Waals surface area contributed by atoms with Gasteiger partial charge >= 0.3 is 17.9 Å². The summed E-state index contributed by atoms with van der Waals surface area (Å²) in [6.45, 7) is 4.44. The fourth-order valence-electron chi connectivity index (χ4n) is 6.92. The van der Waals surface area contributed by atoms with E-state index >= 15 is 0 Å². The van der Waals surface area contributed by atoms with Crippen molar-refractivity contribution in [2.24, 2.45) is 0 Å². The molecule has 0 aromatic heterocycles. The summed E-state index contributed by atoms with van der Waals surface area (Å²) in [5.41, 5.74) is 0.